The zero-order chi connectivity index (χ0) is 13.9. The molecule has 0 atom stereocenters. The van der Waals surface area contributed by atoms with Gasteiger partial charge in [0.25, 0.3) is 0 Å². The Morgan fingerprint density at radius 1 is 1.24 bits per heavy atom. The summed E-state index contributed by atoms with van der Waals surface area (Å²) in [5.41, 5.74) is -5.89. The molecular weight excluding hydrogens is 265 g/mol. The van der Waals surface area contributed by atoms with Crippen molar-refractivity contribution >= 4 is 16.1 Å². The van der Waals surface area contributed by atoms with E-state index < -0.39 is 27.4 Å². The Bertz CT molecular complexity index is 421. The smallest absolute Gasteiger partial charge is 0.463 e. The van der Waals surface area contributed by atoms with E-state index in [1.54, 1.807) is 0 Å². The number of esters is 1. The minimum absolute atomic E-state index is 0.00940. The van der Waals surface area contributed by atoms with Crippen LogP contribution in [0.4, 0.5) is 13.2 Å². The summed E-state index contributed by atoms with van der Waals surface area (Å²) in [6, 6.07) is 0. The highest BCUT2D eigenvalue weighted by molar-refractivity contribution is 7.87. The van der Waals surface area contributed by atoms with Crippen LogP contribution < -0.4 is 0 Å². The topological polar surface area (TPSA) is 69.7 Å². The number of carbonyl (C=O) groups excluding carboxylic acids is 1. The average Bonchev–Trinajstić information content (AvgIpc) is 2.14. The van der Waals surface area contributed by atoms with Gasteiger partial charge >= 0.3 is 21.6 Å². The maximum absolute atomic E-state index is 12.0. The number of rotatable bonds is 4. The molecule has 0 aromatic heterocycles. The van der Waals surface area contributed by atoms with Crippen LogP contribution in [0.2, 0.25) is 0 Å². The van der Waals surface area contributed by atoms with Crippen LogP contribution in [0.3, 0.4) is 0 Å². The molecule has 9 heteroatoms. The van der Waals surface area contributed by atoms with Gasteiger partial charge in [0.2, 0.25) is 0 Å². The van der Waals surface area contributed by atoms with E-state index in [2.05, 4.69) is 8.92 Å². The summed E-state index contributed by atoms with van der Waals surface area (Å²) in [6.45, 7) is 3.53. The minimum Gasteiger partial charge on any atom is -0.463 e. The Morgan fingerprint density at radius 3 is 2.06 bits per heavy atom. The van der Waals surface area contributed by atoms with Crippen LogP contribution in [0.1, 0.15) is 20.8 Å². The Labute approximate surface area is 96.3 Å². The monoisotopic (exact) mass is 276 g/mol. The second kappa shape index (κ2) is 5.39. The van der Waals surface area contributed by atoms with Crippen molar-refractivity contribution in [3.05, 3.63) is 11.3 Å². The third-order valence-corrected chi connectivity index (χ3v) is 2.66. The van der Waals surface area contributed by atoms with Gasteiger partial charge in [-0.05, 0) is 20.8 Å². The number of carbonyl (C=O) groups is 1. The summed E-state index contributed by atoms with van der Waals surface area (Å²) < 4.78 is 65.3. The molecule has 0 N–H and O–H groups in total. The minimum atomic E-state index is -5.76. The van der Waals surface area contributed by atoms with E-state index in [-0.39, 0.29) is 12.2 Å². The highest BCUT2D eigenvalue weighted by Gasteiger charge is 2.48. The normalized spacial score (nSPS) is 14.0. The van der Waals surface area contributed by atoms with Gasteiger partial charge in [-0.15, -0.1) is 0 Å². The van der Waals surface area contributed by atoms with Crippen LogP contribution in [-0.4, -0.2) is 26.5 Å². The van der Waals surface area contributed by atoms with Crippen LogP contribution in [0.5, 0.6) is 0 Å². The zero-order valence-corrected chi connectivity index (χ0v) is 10.1. The lowest BCUT2D eigenvalue weighted by atomic mass is 10.3. The SMILES string of the molecule is CCOC(=O)/C(C)=C(/C)OS(=O)(=O)C(F)(F)F. The molecule has 0 aromatic rings. The number of hydrogen-bond donors (Lipinski definition) is 0. The Balaban J connectivity index is 5.05. The molecule has 0 heterocycles. The third kappa shape index (κ3) is 4.25. The average molecular weight is 276 g/mol. The second-order valence-corrected chi connectivity index (χ2v) is 4.42. The van der Waals surface area contributed by atoms with Crippen molar-refractivity contribution in [1.29, 1.82) is 0 Å². The maximum atomic E-state index is 12.0. The van der Waals surface area contributed by atoms with Crippen molar-refractivity contribution < 1.29 is 35.3 Å². The summed E-state index contributed by atoms with van der Waals surface area (Å²) in [7, 11) is -5.76. The molecule has 0 aliphatic carbocycles. The van der Waals surface area contributed by atoms with Crippen LogP contribution in [0, 0.1) is 0 Å². The fourth-order valence-electron chi connectivity index (χ4n) is 0.657. The first-order chi connectivity index (χ1) is 7.53. The first-order valence-corrected chi connectivity index (χ1v) is 5.79. The van der Waals surface area contributed by atoms with Crippen molar-refractivity contribution in [3.8, 4) is 0 Å². The second-order valence-electron chi connectivity index (χ2n) is 2.88. The molecule has 0 rings (SSSR count). The molecule has 100 valence electrons. The molecule has 0 spiro atoms. The summed E-state index contributed by atoms with van der Waals surface area (Å²) in [5, 5.41) is 0. The van der Waals surface area contributed by atoms with Crippen LogP contribution >= 0.6 is 0 Å². The van der Waals surface area contributed by atoms with E-state index in [9.17, 15) is 26.4 Å². The molecule has 0 saturated heterocycles. The van der Waals surface area contributed by atoms with E-state index in [1.807, 2.05) is 0 Å². The number of halogens is 3. The van der Waals surface area contributed by atoms with E-state index in [0.717, 1.165) is 13.8 Å². The van der Waals surface area contributed by atoms with Crippen LogP contribution in [0.25, 0.3) is 0 Å². The molecule has 17 heavy (non-hydrogen) atoms. The molecule has 0 bridgehead atoms. The molecule has 0 amide bonds. The zero-order valence-electron chi connectivity index (χ0n) is 9.29. The number of alkyl halides is 3. The Morgan fingerprint density at radius 2 is 1.71 bits per heavy atom. The fraction of sp³-hybridized carbons (Fsp3) is 0.625. The molecule has 0 aromatic carbocycles. The summed E-state index contributed by atoms with van der Waals surface area (Å²) in [5.74, 6) is -1.62. The van der Waals surface area contributed by atoms with E-state index in [4.69, 9.17) is 0 Å². The van der Waals surface area contributed by atoms with Crippen molar-refractivity contribution in [2.45, 2.75) is 26.3 Å². The number of ether oxygens (including phenoxy) is 1. The van der Waals surface area contributed by atoms with Gasteiger partial charge < -0.3 is 8.92 Å². The molecule has 5 nitrogen and oxygen atoms in total. The molecule has 0 aliphatic rings. The standard InChI is InChI=1S/C8H11F3O5S/c1-4-15-7(12)5(2)6(3)16-17(13,14)8(9,10)11/h4H2,1-3H3/b6-5-. The predicted molar refractivity (Wildman–Crippen MR) is 51.1 cm³/mol. The quantitative estimate of drug-likeness (QED) is 0.257. The lowest BCUT2D eigenvalue weighted by Crippen LogP contribution is -2.25. The first kappa shape index (κ1) is 15.8. The van der Waals surface area contributed by atoms with Gasteiger partial charge in [0.15, 0.2) is 0 Å². The van der Waals surface area contributed by atoms with Gasteiger partial charge in [-0.1, -0.05) is 0 Å². The number of allylic oxidation sites excluding steroid dienone is 1. The van der Waals surface area contributed by atoms with Gasteiger partial charge in [-0.25, -0.2) is 4.79 Å². The highest BCUT2D eigenvalue weighted by Crippen LogP contribution is 2.27. The van der Waals surface area contributed by atoms with Gasteiger partial charge in [-0.2, -0.15) is 21.6 Å². The Kier molecular flexibility index (Phi) is 4.99. The summed E-state index contributed by atoms with van der Waals surface area (Å²) in [4.78, 5) is 11.1. The van der Waals surface area contributed by atoms with Gasteiger partial charge in [0, 0.05) is 0 Å². The maximum Gasteiger partial charge on any atom is 0.534 e. The predicted octanol–water partition coefficient (Wildman–Crippen LogP) is 1.71. The first-order valence-electron chi connectivity index (χ1n) is 4.38. The van der Waals surface area contributed by atoms with Crippen molar-refractivity contribution in [3.63, 3.8) is 0 Å². The highest BCUT2D eigenvalue weighted by atomic mass is 32.2. The fourth-order valence-corrected chi connectivity index (χ4v) is 1.21. The summed E-state index contributed by atoms with van der Waals surface area (Å²) >= 11 is 0. The largest absolute Gasteiger partial charge is 0.534 e. The van der Waals surface area contributed by atoms with Crippen molar-refractivity contribution in [1.82, 2.24) is 0 Å². The van der Waals surface area contributed by atoms with E-state index in [1.165, 1.54) is 6.92 Å². The van der Waals surface area contributed by atoms with Crippen molar-refractivity contribution in [2.24, 2.45) is 0 Å². The molecule has 0 aliphatic heterocycles. The van der Waals surface area contributed by atoms with Gasteiger partial charge in [0.1, 0.15) is 5.76 Å². The lowest BCUT2D eigenvalue weighted by Gasteiger charge is -2.11. The van der Waals surface area contributed by atoms with Crippen molar-refractivity contribution in [2.75, 3.05) is 6.61 Å². The molecule has 0 fully saturated rings. The molecule has 0 saturated carbocycles. The summed E-state index contributed by atoms with van der Waals surface area (Å²) in [6.07, 6.45) is 0. The van der Waals surface area contributed by atoms with E-state index in [0.29, 0.717) is 0 Å². The van der Waals surface area contributed by atoms with E-state index >= 15 is 0 Å². The third-order valence-electron chi connectivity index (χ3n) is 1.63. The molecular formula is C8H11F3O5S. The van der Waals surface area contributed by atoms with Gasteiger partial charge in [-0.3, -0.25) is 0 Å². The Hall–Kier alpha value is -1.25. The van der Waals surface area contributed by atoms with Crippen LogP contribution in [0.15, 0.2) is 11.3 Å². The molecule has 0 unspecified atom stereocenters. The van der Waals surface area contributed by atoms with Crippen LogP contribution in [-0.2, 0) is 23.8 Å². The van der Waals surface area contributed by atoms with Gasteiger partial charge in [0.05, 0.1) is 12.2 Å². The molecule has 0 radical (unpaired) electrons. The number of hydrogen-bond acceptors (Lipinski definition) is 5. The lowest BCUT2D eigenvalue weighted by molar-refractivity contribution is -0.138.